The minimum Gasteiger partial charge on any atom is -0.493 e. The highest BCUT2D eigenvalue weighted by atomic mass is 79.9. The molecule has 1 fully saturated rings. The van der Waals surface area contributed by atoms with Crippen LogP contribution in [0.3, 0.4) is 0 Å². The lowest BCUT2D eigenvalue weighted by atomic mass is 10.1. The Kier molecular flexibility index (Phi) is 7.06. The summed E-state index contributed by atoms with van der Waals surface area (Å²) in [5.41, 5.74) is 6.46. The Labute approximate surface area is 190 Å². The monoisotopic (exact) mass is 510 g/mol. The maximum Gasteiger partial charge on any atom is 0.293 e. The molecule has 0 atom stereocenters. The van der Waals surface area contributed by atoms with Gasteiger partial charge in [-0.2, -0.15) is 0 Å². The summed E-state index contributed by atoms with van der Waals surface area (Å²) in [5, 5.41) is -0.176. The zero-order valence-corrected chi connectivity index (χ0v) is 18.8. The van der Waals surface area contributed by atoms with Crippen molar-refractivity contribution in [1.82, 2.24) is 4.90 Å². The first-order valence-corrected chi connectivity index (χ1v) is 10.6. The summed E-state index contributed by atoms with van der Waals surface area (Å²) in [7, 11) is 1.42. The molecule has 0 spiro atoms. The number of imide groups is 1. The Balaban J connectivity index is 1.83. The molecule has 156 valence electrons. The number of hydrogen-bond donors (Lipinski definition) is 1. The Hall–Kier alpha value is -2.49. The molecule has 0 unspecified atom stereocenters. The van der Waals surface area contributed by atoms with Crippen LogP contribution in [0.25, 0.3) is 6.08 Å². The van der Waals surface area contributed by atoms with E-state index in [9.17, 15) is 14.4 Å². The topological polar surface area (TPSA) is 98.9 Å². The van der Waals surface area contributed by atoms with E-state index >= 15 is 0 Å². The predicted octanol–water partition coefficient (Wildman–Crippen LogP) is 4.21. The maximum absolute atomic E-state index is 12.7. The highest BCUT2D eigenvalue weighted by Crippen LogP contribution is 2.39. The summed E-state index contributed by atoms with van der Waals surface area (Å²) in [6.07, 6.45) is 1.55. The molecule has 1 aliphatic heterocycles. The van der Waals surface area contributed by atoms with Gasteiger partial charge in [0, 0.05) is 4.47 Å². The summed E-state index contributed by atoms with van der Waals surface area (Å²) in [4.78, 5) is 37.5. The van der Waals surface area contributed by atoms with Gasteiger partial charge in [-0.1, -0.05) is 39.7 Å². The first-order chi connectivity index (χ1) is 14.3. The first kappa shape index (κ1) is 22.2. The largest absolute Gasteiger partial charge is 0.493 e. The number of nitrogens with zero attached hydrogens (tertiary/aromatic N) is 1. The molecule has 2 aromatic rings. The summed E-state index contributed by atoms with van der Waals surface area (Å²) in [5.74, 6) is -0.615. The molecule has 10 heteroatoms. The fourth-order valence-corrected chi connectivity index (χ4v) is 4.04. The molecule has 0 saturated carbocycles. The van der Waals surface area contributed by atoms with Crippen molar-refractivity contribution in [3.63, 3.8) is 0 Å². The molecule has 1 aliphatic rings. The molecule has 3 rings (SSSR count). The van der Waals surface area contributed by atoms with E-state index in [1.807, 2.05) is 24.3 Å². The Bertz CT molecular complexity index is 1040. The summed E-state index contributed by atoms with van der Waals surface area (Å²) in [6, 6.07) is 10.5. The third kappa shape index (κ3) is 5.16. The van der Waals surface area contributed by atoms with Crippen LogP contribution in [0.5, 0.6) is 11.5 Å². The number of nitrogens with two attached hydrogens (primary N) is 1. The summed E-state index contributed by atoms with van der Waals surface area (Å²) < 4.78 is 11.5. The maximum atomic E-state index is 12.7. The molecule has 0 aliphatic carbocycles. The molecule has 1 saturated heterocycles. The van der Waals surface area contributed by atoms with Gasteiger partial charge in [0.2, 0.25) is 0 Å². The Morgan fingerprint density at radius 1 is 1.27 bits per heavy atom. The van der Waals surface area contributed by atoms with Gasteiger partial charge >= 0.3 is 0 Å². The number of carbonyl (C=O) groups excluding carboxylic acids is 3. The standard InChI is InChI=1S/C20H16BrClN2O5S/c1-28-15-7-12(6-14(22)18(15)29-10-17(23)25)8-16-19(26)24(20(27)30-16)9-11-2-4-13(21)5-3-11/h2-8H,9-10H2,1H3,(H2,23,25)/b16-8-. The Morgan fingerprint density at radius 2 is 1.97 bits per heavy atom. The van der Waals surface area contributed by atoms with Gasteiger partial charge in [-0.05, 0) is 53.2 Å². The van der Waals surface area contributed by atoms with Crippen molar-refractivity contribution >= 4 is 62.4 Å². The van der Waals surface area contributed by atoms with Crippen LogP contribution in [-0.2, 0) is 16.1 Å². The van der Waals surface area contributed by atoms with Crippen molar-refractivity contribution in [3.8, 4) is 11.5 Å². The van der Waals surface area contributed by atoms with Gasteiger partial charge in [-0.3, -0.25) is 19.3 Å². The van der Waals surface area contributed by atoms with Crippen LogP contribution in [0.2, 0.25) is 5.02 Å². The Morgan fingerprint density at radius 3 is 2.60 bits per heavy atom. The lowest BCUT2D eigenvalue weighted by molar-refractivity contribution is -0.123. The zero-order valence-electron chi connectivity index (χ0n) is 15.7. The minimum atomic E-state index is -0.656. The van der Waals surface area contributed by atoms with E-state index in [0.717, 1.165) is 21.8 Å². The molecular formula is C20H16BrClN2O5S. The fourth-order valence-electron chi connectivity index (χ4n) is 2.67. The molecular weight excluding hydrogens is 496 g/mol. The second-order valence-corrected chi connectivity index (χ2v) is 8.50. The quantitative estimate of drug-likeness (QED) is 0.559. The molecule has 3 amide bonds. The van der Waals surface area contributed by atoms with Crippen LogP contribution < -0.4 is 15.2 Å². The van der Waals surface area contributed by atoms with Gasteiger partial charge in [-0.15, -0.1) is 0 Å². The van der Waals surface area contributed by atoms with E-state index in [1.54, 1.807) is 18.2 Å². The van der Waals surface area contributed by atoms with Crippen LogP contribution >= 0.6 is 39.3 Å². The average molecular weight is 512 g/mol. The zero-order chi connectivity index (χ0) is 21.8. The van der Waals surface area contributed by atoms with Crippen molar-refractivity contribution in [2.45, 2.75) is 6.54 Å². The number of rotatable bonds is 7. The SMILES string of the molecule is COc1cc(/C=C2\SC(=O)N(Cc3ccc(Br)cc3)C2=O)cc(Cl)c1OCC(N)=O. The van der Waals surface area contributed by atoms with Gasteiger partial charge in [0.05, 0.1) is 23.6 Å². The number of ether oxygens (including phenoxy) is 2. The lowest BCUT2D eigenvalue weighted by Crippen LogP contribution is -2.27. The molecule has 7 nitrogen and oxygen atoms in total. The van der Waals surface area contributed by atoms with Gasteiger partial charge in [0.25, 0.3) is 17.1 Å². The van der Waals surface area contributed by atoms with E-state index in [-0.39, 0.29) is 39.8 Å². The molecule has 30 heavy (non-hydrogen) atoms. The smallest absolute Gasteiger partial charge is 0.293 e. The third-order valence-electron chi connectivity index (χ3n) is 4.04. The number of thioether (sulfide) groups is 1. The number of halogens is 2. The van der Waals surface area contributed by atoms with Crippen LogP contribution in [0.15, 0.2) is 45.8 Å². The van der Waals surface area contributed by atoms with Crippen molar-refractivity contribution in [3.05, 3.63) is 61.9 Å². The lowest BCUT2D eigenvalue weighted by Gasteiger charge is -2.13. The van der Waals surface area contributed by atoms with Gasteiger partial charge < -0.3 is 15.2 Å². The van der Waals surface area contributed by atoms with Crippen molar-refractivity contribution in [2.24, 2.45) is 5.73 Å². The second kappa shape index (κ2) is 9.55. The fraction of sp³-hybridized carbons (Fsp3) is 0.150. The van der Waals surface area contributed by atoms with Crippen molar-refractivity contribution in [2.75, 3.05) is 13.7 Å². The predicted molar refractivity (Wildman–Crippen MR) is 118 cm³/mol. The van der Waals surface area contributed by atoms with Gasteiger partial charge in [0.1, 0.15) is 0 Å². The molecule has 1 heterocycles. The van der Waals surface area contributed by atoms with E-state index in [4.69, 9.17) is 26.8 Å². The average Bonchev–Trinajstić information content (AvgIpc) is 2.95. The first-order valence-electron chi connectivity index (χ1n) is 8.57. The van der Waals surface area contributed by atoms with E-state index in [2.05, 4.69) is 15.9 Å². The number of methoxy groups -OCH3 is 1. The molecule has 0 bridgehead atoms. The number of amides is 3. The van der Waals surface area contributed by atoms with E-state index in [0.29, 0.717) is 5.56 Å². The minimum absolute atomic E-state index is 0.165. The van der Waals surface area contributed by atoms with E-state index in [1.165, 1.54) is 12.0 Å². The highest BCUT2D eigenvalue weighted by molar-refractivity contribution is 9.10. The van der Waals surface area contributed by atoms with Gasteiger partial charge in [0.15, 0.2) is 18.1 Å². The summed E-state index contributed by atoms with van der Waals surface area (Å²) >= 11 is 10.4. The number of hydrogen-bond acceptors (Lipinski definition) is 6. The van der Waals surface area contributed by atoms with Crippen molar-refractivity contribution in [1.29, 1.82) is 0 Å². The normalized spacial score (nSPS) is 15.0. The van der Waals surface area contributed by atoms with E-state index < -0.39 is 11.8 Å². The number of primary amides is 1. The van der Waals surface area contributed by atoms with Gasteiger partial charge in [-0.25, -0.2) is 0 Å². The highest BCUT2D eigenvalue weighted by Gasteiger charge is 2.35. The van der Waals surface area contributed by atoms with Crippen molar-refractivity contribution < 1.29 is 23.9 Å². The van der Waals surface area contributed by atoms with Crippen LogP contribution in [0.4, 0.5) is 4.79 Å². The molecule has 0 radical (unpaired) electrons. The molecule has 2 N–H and O–H groups in total. The van der Waals surface area contributed by atoms with Crippen LogP contribution in [0, 0.1) is 0 Å². The molecule has 2 aromatic carbocycles. The van der Waals surface area contributed by atoms with Crippen LogP contribution in [0.1, 0.15) is 11.1 Å². The number of benzene rings is 2. The summed E-state index contributed by atoms with van der Waals surface area (Å²) in [6.45, 7) is -0.177. The number of carbonyl (C=O) groups is 3. The third-order valence-corrected chi connectivity index (χ3v) is 5.75. The molecule has 0 aromatic heterocycles. The van der Waals surface area contributed by atoms with Crippen LogP contribution in [-0.4, -0.2) is 35.7 Å². The second-order valence-electron chi connectivity index (χ2n) is 6.18.